The van der Waals surface area contributed by atoms with Gasteiger partial charge in [0.25, 0.3) is 0 Å². The summed E-state index contributed by atoms with van der Waals surface area (Å²) < 4.78 is 11.4. The average Bonchev–Trinajstić information content (AvgIpc) is 2.91. The first-order valence-electron chi connectivity index (χ1n) is 30.7. The largest absolute Gasteiger partial charge is 0.392 e. The third-order valence-electron chi connectivity index (χ3n) is 17.3. The summed E-state index contributed by atoms with van der Waals surface area (Å²) in [5.41, 5.74) is 16.4. The molecule has 0 atom stereocenters. The number of aryl methyl sites for hydroxylation is 2. The van der Waals surface area contributed by atoms with E-state index in [1.807, 2.05) is 149 Å². The molecule has 0 amide bonds. The fraction of sp³-hybridized carbons (Fsp3) is 0.328. The predicted molar refractivity (Wildman–Crippen MR) is 340 cm³/mol. The summed E-state index contributed by atoms with van der Waals surface area (Å²) in [4.78, 5) is 28.2. The Labute approximate surface area is 508 Å². The summed E-state index contributed by atoms with van der Waals surface area (Å²) in [5, 5.41) is 58.1. The number of rotatable bonds is 15. The van der Waals surface area contributed by atoms with Crippen molar-refractivity contribution in [2.75, 3.05) is 16.0 Å². The summed E-state index contributed by atoms with van der Waals surface area (Å²) in [6.45, 7) is 3.59. The number of aliphatic hydroxyl groups is 3. The standard InChI is InChI=1S/C23H25N5O2.2C22H24N6O/c1-14-23(15(2)30-27-14)18-12-28-20(11-24-22(28)10-16(18)13-29)19-8-5-9-21(26-19)25-17-6-3-4-7-17;2*29-14-15-9-22-23-12-20(28(22)13-18(15)16-10-24-25-11-16)19-7-4-8-21(27-19)26-17-5-2-1-3-6-17/h5,8-12,17,29H,3-4,6-7,13H2,1-2H3,(H,25,26);2*4,7-13,17,29H,1-3,5-6,14H2,(H,24,25)(H,26,27). The highest BCUT2D eigenvalue weighted by Crippen LogP contribution is 2.35. The monoisotopic (exact) mass is 1180 g/mol. The lowest BCUT2D eigenvalue weighted by Crippen LogP contribution is -2.22. The van der Waals surface area contributed by atoms with Crippen molar-refractivity contribution in [3.8, 4) is 67.5 Å². The number of pyridine rings is 6. The molecule has 0 aliphatic heterocycles. The number of hydrogen-bond acceptors (Lipinski definition) is 16. The molecule has 21 heteroatoms. The number of aromatic amines is 2. The number of nitrogens with one attached hydrogen (secondary N) is 5. The lowest BCUT2D eigenvalue weighted by molar-refractivity contribution is 0.282. The van der Waals surface area contributed by atoms with Crippen molar-refractivity contribution >= 4 is 34.4 Å². The lowest BCUT2D eigenvalue weighted by atomic mass is 9.95. The number of fused-ring (bicyclic) bond motifs is 3. The molecule has 21 nitrogen and oxygen atoms in total. The van der Waals surface area contributed by atoms with Crippen LogP contribution in [-0.2, 0) is 19.8 Å². The third-order valence-corrected chi connectivity index (χ3v) is 17.3. The molecule has 3 aliphatic rings. The van der Waals surface area contributed by atoms with Crippen LogP contribution < -0.4 is 16.0 Å². The highest BCUT2D eigenvalue weighted by Gasteiger charge is 2.22. The van der Waals surface area contributed by atoms with Gasteiger partial charge in [-0.15, -0.1) is 0 Å². The van der Waals surface area contributed by atoms with Crippen molar-refractivity contribution in [1.82, 2.24) is 68.7 Å². The normalized spacial score (nSPS) is 14.9. The number of aliphatic hydroxyl groups excluding tert-OH is 3. The van der Waals surface area contributed by atoms with E-state index in [0.717, 1.165) is 130 Å². The molecule has 0 bridgehead atoms. The summed E-state index contributed by atoms with van der Waals surface area (Å²) in [7, 11) is 0. The lowest BCUT2D eigenvalue weighted by Gasteiger charge is -2.23. The first-order chi connectivity index (χ1) is 43.3. The molecule has 0 aromatic carbocycles. The van der Waals surface area contributed by atoms with Gasteiger partial charge in [0.2, 0.25) is 0 Å². The van der Waals surface area contributed by atoms with Crippen LogP contribution in [0.3, 0.4) is 0 Å². The van der Waals surface area contributed by atoms with E-state index in [2.05, 4.69) is 56.5 Å². The van der Waals surface area contributed by atoms with Crippen molar-refractivity contribution in [2.45, 2.75) is 142 Å². The van der Waals surface area contributed by atoms with Crippen molar-refractivity contribution < 1.29 is 19.8 Å². The molecule has 0 spiro atoms. The molecule has 8 N–H and O–H groups in total. The number of anilines is 3. The van der Waals surface area contributed by atoms with Gasteiger partial charge in [0.1, 0.15) is 40.2 Å². The molecule has 12 heterocycles. The maximum atomic E-state index is 9.95. The summed E-state index contributed by atoms with van der Waals surface area (Å²) >= 11 is 0. The van der Waals surface area contributed by atoms with Gasteiger partial charge in [-0.05, 0) is 124 Å². The van der Waals surface area contributed by atoms with Crippen LogP contribution in [0.15, 0.2) is 139 Å². The molecule has 12 aromatic heterocycles. The van der Waals surface area contributed by atoms with Gasteiger partial charge in [-0.3, -0.25) is 23.4 Å². The third kappa shape index (κ3) is 12.4. The Balaban J connectivity index is 0.000000122. The number of H-pyrrole nitrogens is 2. The fourth-order valence-corrected chi connectivity index (χ4v) is 12.7. The first-order valence-corrected chi connectivity index (χ1v) is 30.7. The zero-order valence-corrected chi connectivity index (χ0v) is 49.6. The van der Waals surface area contributed by atoms with E-state index < -0.39 is 0 Å². The van der Waals surface area contributed by atoms with Gasteiger partial charge in [0, 0.05) is 82.5 Å². The molecule has 0 saturated heterocycles. The molecular weight excluding hydrogens is 1110 g/mol. The molecule has 0 radical (unpaired) electrons. The molecule has 15 rings (SSSR count). The van der Waals surface area contributed by atoms with Crippen LogP contribution in [0.5, 0.6) is 0 Å². The van der Waals surface area contributed by atoms with Crippen molar-refractivity contribution in [3.05, 3.63) is 163 Å². The average molecular weight is 1180 g/mol. The summed E-state index contributed by atoms with van der Waals surface area (Å²) in [5.74, 6) is 3.44. The molecular formula is C67H73N17O4. The maximum Gasteiger partial charge on any atom is 0.141 e. The Bertz CT molecular complexity index is 4100. The minimum absolute atomic E-state index is 0.0573. The first kappa shape index (κ1) is 57.5. The van der Waals surface area contributed by atoms with Crippen molar-refractivity contribution in [1.29, 1.82) is 0 Å². The number of aromatic nitrogens is 14. The number of nitrogens with zero attached hydrogens (tertiary/aromatic N) is 12. The SMILES string of the molecule is Cc1noc(C)c1-c1cn2c(-c3cccc(NC4CCCC4)n3)cnc2cc1CO.OCc1cc2ncc(-c3cccc(NC4CCCCC4)n3)n2cc1-c1cn[nH]c1.OCc1cc2ncc(-c3cccc(NC4CCCCC4)n3)n2cc1-c1cn[nH]c1. The van der Waals surface area contributed by atoms with Gasteiger partial charge in [0.15, 0.2) is 0 Å². The van der Waals surface area contributed by atoms with Crippen LogP contribution in [0.2, 0.25) is 0 Å². The minimum atomic E-state index is -0.0862. The molecule has 12 aromatic rings. The number of imidazole rings is 3. The van der Waals surface area contributed by atoms with Crippen LogP contribution in [0.4, 0.5) is 17.5 Å². The Morgan fingerprint density at radius 1 is 0.477 bits per heavy atom. The van der Waals surface area contributed by atoms with Crippen LogP contribution in [-0.4, -0.2) is 102 Å². The topological polar surface area (TPSA) is 271 Å². The molecule has 3 aliphatic carbocycles. The second-order valence-corrected chi connectivity index (χ2v) is 23.2. The van der Waals surface area contributed by atoms with E-state index in [1.54, 1.807) is 12.4 Å². The van der Waals surface area contributed by atoms with Crippen LogP contribution >= 0.6 is 0 Å². The second kappa shape index (κ2) is 26.2. The van der Waals surface area contributed by atoms with E-state index in [9.17, 15) is 15.3 Å². The van der Waals surface area contributed by atoms with E-state index in [-0.39, 0.29) is 19.8 Å². The zero-order chi connectivity index (χ0) is 59.9. The van der Waals surface area contributed by atoms with Crippen LogP contribution in [0.25, 0.3) is 84.5 Å². The van der Waals surface area contributed by atoms with E-state index in [4.69, 9.17) is 19.5 Å². The molecule has 3 saturated carbocycles. The van der Waals surface area contributed by atoms with Gasteiger partial charge in [0.05, 0.1) is 90.7 Å². The van der Waals surface area contributed by atoms with Gasteiger partial charge in [-0.1, -0.05) is 74.7 Å². The Hall–Kier alpha value is -9.57. The van der Waals surface area contributed by atoms with E-state index >= 15 is 0 Å². The minimum Gasteiger partial charge on any atom is -0.392 e. The van der Waals surface area contributed by atoms with Crippen molar-refractivity contribution in [3.63, 3.8) is 0 Å². The van der Waals surface area contributed by atoms with E-state index in [1.165, 1.54) is 89.9 Å². The quantitative estimate of drug-likeness (QED) is 0.0474. The van der Waals surface area contributed by atoms with Gasteiger partial charge in [-0.25, -0.2) is 29.9 Å². The zero-order valence-electron chi connectivity index (χ0n) is 49.6. The molecule has 3 fully saturated rings. The second-order valence-electron chi connectivity index (χ2n) is 23.2. The maximum absolute atomic E-state index is 9.95. The Morgan fingerprint density at radius 3 is 1.18 bits per heavy atom. The smallest absolute Gasteiger partial charge is 0.141 e. The number of hydrogen-bond donors (Lipinski definition) is 8. The van der Waals surface area contributed by atoms with Crippen LogP contribution in [0.1, 0.15) is 118 Å². The Kier molecular flexibility index (Phi) is 17.1. The molecule has 0 unspecified atom stereocenters. The predicted octanol–water partition coefficient (Wildman–Crippen LogP) is 12.6. The highest BCUT2D eigenvalue weighted by atomic mass is 16.5. The summed E-state index contributed by atoms with van der Waals surface area (Å²) in [6.07, 6.45) is 36.3. The highest BCUT2D eigenvalue weighted by molar-refractivity contribution is 5.75. The van der Waals surface area contributed by atoms with Gasteiger partial charge >= 0.3 is 0 Å². The summed E-state index contributed by atoms with van der Waals surface area (Å²) in [6, 6.07) is 25.4. The van der Waals surface area contributed by atoms with Gasteiger partial charge < -0.3 is 35.8 Å². The molecule has 88 heavy (non-hydrogen) atoms. The van der Waals surface area contributed by atoms with Crippen molar-refractivity contribution in [2.24, 2.45) is 0 Å². The molecule has 450 valence electrons. The Morgan fingerprint density at radius 2 is 0.841 bits per heavy atom. The van der Waals surface area contributed by atoms with E-state index in [0.29, 0.717) is 18.1 Å². The fourth-order valence-electron chi connectivity index (χ4n) is 12.7. The van der Waals surface area contributed by atoms with Crippen LogP contribution in [0, 0.1) is 13.8 Å². The van der Waals surface area contributed by atoms with Gasteiger partial charge in [-0.2, -0.15) is 10.2 Å².